The number of benzene rings is 1. The molecule has 104 valence electrons. The summed E-state index contributed by atoms with van der Waals surface area (Å²) in [7, 11) is 0. The lowest BCUT2D eigenvalue weighted by Crippen LogP contribution is -2.23. The Morgan fingerprint density at radius 3 is 2.55 bits per heavy atom. The number of hydrogen-bond acceptors (Lipinski definition) is 4. The van der Waals surface area contributed by atoms with Crippen molar-refractivity contribution in [2.45, 2.75) is 13.8 Å². The monoisotopic (exact) mass is 273 g/mol. The van der Waals surface area contributed by atoms with Gasteiger partial charge in [0.05, 0.1) is 0 Å². The Bertz CT molecular complexity index is 652. The van der Waals surface area contributed by atoms with E-state index >= 15 is 0 Å². The average molecular weight is 273 g/mol. The van der Waals surface area contributed by atoms with Crippen LogP contribution in [-0.2, 0) is 0 Å². The normalized spacial score (nSPS) is 10.3. The van der Waals surface area contributed by atoms with Crippen molar-refractivity contribution < 1.29 is 4.39 Å². The van der Waals surface area contributed by atoms with E-state index in [0.29, 0.717) is 18.9 Å². The molecular weight excluding hydrogens is 257 g/mol. The molecule has 2 aromatic rings. The molecule has 1 heterocycles. The van der Waals surface area contributed by atoms with Gasteiger partial charge in [-0.05, 0) is 26.0 Å². The van der Waals surface area contributed by atoms with Gasteiger partial charge in [-0.2, -0.15) is 5.26 Å². The van der Waals surface area contributed by atoms with Gasteiger partial charge >= 0.3 is 0 Å². The third kappa shape index (κ3) is 2.18. The van der Waals surface area contributed by atoms with Gasteiger partial charge in [-0.1, -0.05) is 12.1 Å². The Kier molecular flexibility index (Phi) is 3.89. The fraction of sp³-hybridized carbons (Fsp3) is 0.286. The molecule has 2 N–H and O–H groups in total. The second kappa shape index (κ2) is 5.61. The number of para-hydroxylation sites is 1. The highest BCUT2D eigenvalue weighted by molar-refractivity contribution is 5.67. The number of halogens is 1. The summed E-state index contributed by atoms with van der Waals surface area (Å²) in [5.41, 5.74) is 6.46. The van der Waals surface area contributed by atoms with Gasteiger partial charge in [-0.3, -0.25) is 0 Å². The minimum Gasteiger partial charge on any atom is -0.382 e. The van der Waals surface area contributed by atoms with Crippen molar-refractivity contribution >= 4 is 11.6 Å². The van der Waals surface area contributed by atoms with Gasteiger partial charge in [0.2, 0.25) is 0 Å². The number of aromatic nitrogens is 2. The van der Waals surface area contributed by atoms with Crippen molar-refractivity contribution in [1.82, 2.24) is 9.78 Å². The van der Waals surface area contributed by atoms with Crippen molar-refractivity contribution in [1.29, 1.82) is 5.26 Å². The molecule has 0 fully saturated rings. The maximum absolute atomic E-state index is 13.9. The van der Waals surface area contributed by atoms with Gasteiger partial charge in [0.25, 0.3) is 0 Å². The summed E-state index contributed by atoms with van der Waals surface area (Å²) in [5, 5.41) is 13.6. The number of rotatable bonds is 4. The lowest BCUT2D eigenvalue weighted by atomic mass is 10.3. The predicted molar refractivity (Wildman–Crippen MR) is 76.2 cm³/mol. The topological polar surface area (TPSA) is 70.9 Å². The van der Waals surface area contributed by atoms with E-state index in [2.05, 4.69) is 11.2 Å². The van der Waals surface area contributed by atoms with Gasteiger partial charge in [-0.15, -0.1) is 5.10 Å². The fourth-order valence-electron chi connectivity index (χ4n) is 2.08. The quantitative estimate of drug-likeness (QED) is 0.928. The number of nitriles is 1. The Labute approximate surface area is 117 Å². The maximum Gasteiger partial charge on any atom is 0.171 e. The van der Waals surface area contributed by atoms with E-state index in [0.717, 1.165) is 0 Å². The zero-order valence-corrected chi connectivity index (χ0v) is 11.5. The Morgan fingerprint density at radius 2 is 2.00 bits per heavy atom. The standard InChI is InChI=1S/C14H16FN5/c1-3-19(4-2)14-10(9-16)13(17)20(18-14)12-8-6-5-7-11(12)15/h5-8H,3-4,17H2,1-2H3. The molecule has 6 heteroatoms. The summed E-state index contributed by atoms with van der Waals surface area (Å²) >= 11 is 0. The van der Waals surface area contributed by atoms with E-state index in [4.69, 9.17) is 5.73 Å². The third-order valence-corrected chi connectivity index (χ3v) is 3.16. The molecule has 0 saturated carbocycles. The first-order valence-corrected chi connectivity index (χ1v) is 6.42. The minimum absolute atomic E-state index is 0.152. The first kappa shape index (κ1) is 13.9. The van der Waals surface area contributed by atoms with Crippen LogP contribution in [0.3, 0.4) is 0 Å². The van der Waals surface area contributed by atoms with Crippen LogP contribution in [0.15, 0.2) is 24.3 Å². The zero-order valence-electron chi connectivity index (χ0n) is 11.5. The van der Waals surface area contributed by atoms with E-state index in [-0.39, 0.29) is 17.1 Å². The van der Waals surface area contributed by atoms with Crippen LogP contribution in [0.1, 0.15) is 19.4 Å². The van der Waals surface area contributed by atoms with Crippen molar-refractivity contribution in [3.05, 3.63) is 35.6 Å². The number of nitrogens with zero attached hydrogens (tertiary/aromatic N) is 4. The average Bonchev–Trinajstić information content (AvgIpc) is 2.78. The van der Waals surface area contributed by atoms with Crippen LogP contribution < -0.4 is 10.6 Å². The van der Waals surface area contributed by atoms with Crippen LogP contribution in [0.2, 0.25) is 0 Å². The van der Waals surface area contributed by atoms with Gasteiger partial charge < -0.3 is 10.6 Å². The highest BCUT2D eigenvalue weighted by atomic mass is 19.1. The SMILES string of the molecule is CCN(CC)c1nn(-c2ccccc2F)c(N)c1C#N. The predicted octanol–water partition coefficient (Wildman–Crippen LogP) is 2.31. The number of hydrogen-bond donors (Lipinski definition) is 1. The Hall–Kier alpha value is -2.55. The zero-order chi connectivity index (χ0) is 14.7. The second-order valence-electron chi connectivity index (χ2n) is 4.23. The molecule has 0 atom stereocenters. The smallest absolute Gasteiger partial charge is 0.171 e. The van der Waals surface area contributed by atoms with Crippen molar-refractivity contribution in [2.75, 3.05) is 23.7 Å². The van der Waals surface area contributed by atoms with E-state index in [1.54, 1.807) is 18.2 Å². The van der Waals surface area contributed by atoms with E-state index < -0.39 is 5.82 Å². The molecule has 0 aliphatic heterocycles. The van der Waals surface area contributed by atoms with E-state index in [1.165, 1.54) is 10.7 Å². The lowest BCUT2D eigenvalue weighted by molar-refractivity contribution is 0.611. The molecule has 0 aliphatic rings. The summed E-state index contributed by atoms with van der Waals surface area (Å²) in [5.74, 6) is 0.204. The summed E-state index contributed by atoms with van der Waals surface area (Å²) in [6, 6.07) is 8.25. The molecule has 0 saturated heterocycles. The maximum atomic E-state index is 13.9. The molecule has 0 spiro atoms. The summed E-state index contributed by atoms with van der Waals surface area (Å²) in [6.07, 6.45) is 0. The number of nitrogen functional groups attached to an aromatic ring is 1. The van der Waals surface area contributed by atoms with Crippen LogP contribution in [0.25, 0.3) is 5.69 Å². The molecule has 2 rings (SSSR count). The largest absolute Gasteiger partial charge is 0.382 e. The molecule has 0 radical (unpaired) electrons. The molecule has 1 aromatic carbocycles. The van der Waals surface area contributed by atoms with Gasteiger partial charge in [0.15, 0.2) is 5.82 Å². The summed E-state index contributed by atoms with van der Waals surface area (Å²) in [4.78, 5) is 1.91. The molecule has 0 bridgehead atoms. The van der Waals surface area contributed by atoms with E-state index in [9.17, 15) is 9.65 Å². The molecule has 20 heavy (non-hydrogen) atoms. The van der Waals surface area contributed by atoms with Crippen molar-refractivity contribution in [2.24, 2.45) is 0 Å². The lowest BCUT2D eigenvalue weighted by Gasteiger charge is -2.17. The third-order valence-electron chi connectivity index (χ3n) is 3.16. The summed E-state index contributed by atoms with van der Waals surface area (Å²) < 4.78 is 15.1. The van der Waals surface area contributed by atoms with Crippen LogP contribution in [0.4, 0.5) is 16.0 Å². The van der Waals surface area contributed by atoms with Gasteiger partial charge in [-0.25, -0.2) is 9.07 Å². The first-order chi connectivity index (χ1) is 9.63. The summed E-state index contributed by atoms with van der Waals surface area (Å²) in [6.45, 7) is 5.31. The Balaban J connectivity index is 2.63. The first-order valence-electron chi connectivity index (χ1n) is 6.42. The minimum atomic E-state index is -0.433. The molecule has 5 nitrogen and oxygen atoms in total. The van der Waals surface area contributed by atoms with Crippen molar-refractivity contribution in [3.8, 4) is 11.8 Å². The van der Waals surface area contributed by atoms with Gasteiger partial charge in [0.1, 0.15) is 29.0 Å². The highest BCUT2D eigenvalue weighted by Gasteiger charge is 2.21. The molecule has 0 aliphatic carbocycles. The number of nitrogens with two attached hydrogens (primary N) is 1. The highest BCUT2D eigenvalue weighted by Crippen LogP contribution is 2.27. The van der Waals surface area contributed by atoms with E-state index in [1.807, 2.05) is 18.7 Å². The van der Waals surface area contributed by atoms with Crippen LogP contribution in [-0.4, -0.2) is 22.9 Å². The van der Waals surface area contributed by atoms with Crippen LogP contribution in [0, 0.1) is 17.1 Å². The second-order valence-corrected chi connectivity index (χ2v) is 4.23. The van der Waals surface area contributed by atoms with Crippen LogP contribution >= 0.6 is 0 Å². The molecule has 1 aromatic heterocycles. The van der Waals surface area contributed by atoms with Crippen LogP contribution in [0.5, 0.6) is 0 Å². The molecule has 0 amide bonds. The molecule has 0 unspecified atom stereocenters. The van der Waals surface area contributed by atoms with Crippen molar-refractivity contribution in [3.63, 3.8) is 0 Å². The fourth-order valence-corrected chi connectivity index (χ4v) is 2.08. The molecular formula is C14H16FN5. The van der Waals surface area contributed by atoms with Gasteiger partial charge in [0, 0.05) is 13.1 Å². The number of anilines is 2. The Morgan fingerprint density at radius 1 is 1.35 bits per heavy atom.